The Balaban J connectivity index is 2.48. The maximum Gasteiger partial charge on any atom is 0.316 e. The summed E-state index contributed by atoms with van der Waals surface area (Å²) in [4.78, 5) is 30.2. The molecule has 5 heteroatoms. The molecule has 0 aromatic heterocycles. The highest BCUT2D eigenvalue weighted by atomic mass is 16.4. The predicted molar refractivity (Wildman–Crippen MR) is 29.1 cm³/mol. The number of nitrogens with one attached hydrogen (secondary N) is 1. The normalized spacial score (nSPS) is 29.4. The van der Waals surface area contributed by atoms with E-state index in [0.29, 0.717) is 6.41 Å². The van der Waals surface area contributed by atoms with E-state index in [1.165, 1.54) is 0 Å². The highest BCUT2D eigenvalue weighted by molar-refractivity contribution is 6.17. The second-order valence-corrected chi connectivity index (χ2v) is 1.98. The van der Waals surface area contributed by atoms with Gasteiger partial charge in [-0.05, 0) is 0 Å². The molecule has 0 aromatic rings. The minimum Gasteiger partial charge on any atom is -0.481 e. The summed E-state index contributed by atoms with van der Waals surface area (Å²) < 4.78 is 0. The van der Waals surface area contributed by atoms with Crippen molar-refractivity contribution in [1.29, 1.82) is 0 Å². The van der Waals surface area contributed by atoms with E-state index in [1.807, 2.05) is 0 Å². The fraction of sp³-hybridized carbons (Fsp3) is 0.400. The molecule has 1 rings (SSSR count). The fourth-order valence-electron chi connectivity index (χ4n) is 0.756. The van der Waals surface area contributed by atoms with Gasteiger partial charge in [-0.15, -0.1) is 0 Å². The van der Waals surface area contributed by atoms with Crippen LogP contribution in [0.5, 0.6) is 0 Å². The number of carboxylic acids is 1. The van der Waals surface area contributed by atoms with Crippen LogP contribution in [0.25, 0.3) is 0 Å². The van der Waals surface area contributed by atoms with Crippen LogP contribution in [-0.4, -0.2) is 29.3 Å². The summed E-state index contributed by atoms with van der Waals surface area (Å²) in [6.45, 7) is 0. The Kier molecular flexibility index (Phi) is 1.41. The number of ketones is 1. The van der Waals surface area contributed by atoms with Crippen molar-refractivity contribution in [1.82, 2.24) is 5.32 Å². The van der Waals surface area contributed by atoms with Gasteiger partial charge in [0.25, 0.3) is 0 Å². The maximum atomic E-state index is 10.4. The van der Waals surface area contributed by atoms with E-state index in [2.05, 4.69) is 5.32 Å². The van der Waals surface area contributed by atoms with Gasteiger partial charge in [0.15, 0.2) is 5.78 Å². The van der Waals surface area contributed by atoms with Crippen molar-refractivity contribution in [3.8, 4) is 0 Å². The fourth-order valence-corrected chi connectivity index (χ4v) is 0.756. The van der Waals surface area contributed by atoms with Crippen LogP contribution in [0.15, 0.2) is 0 Å². The number of carbonyl (C=O) groups is 3. The second kappa shape index (κ2) is 2.09. The van der Waals surface area contributed by atoms with Crippen molar-refractivity contribution in [2.75, 3.05) is 0 Å². The molecule has 1 fully saturated rings. The molecule has 1 aliphatic carbocycles. The molecule has 2 N–H and O–H groups in total. The largest absolute Gasteiger partial charge is 0.481 e. The molecule has 5 nitrogen and oxygen atoms in total. The standard InChI is InChI=1S/C5H5NO4/c7-1-6-3-2(4(3)8)5(9)10/h1-3H,(H,6,7)(H,9,10). The van der Waals surface area contributed by atoms with E-state index in [0.717, 1.165) is 0 Å². The van der Waals surface area contributed by atoms with Gasteiger partial charge in [-0.3, -0.25) is 14.4 Å². The molecule has 0 radical (unpaired) electrons. The van der Waals surface area contributed by atoms with Crippen LogP contribution in [0.2, 0.25) is 0 Å². The number of hydrogen-bond acceptors (Lipinski definition) is 3. The SMILES string of the molecule is O=CNC1C(=O)C1C(=O)O. The molecule has 0 heterocycles. The number of aliphatic carboxylic acids is 1. The zero-order chi connectivity index (χ0) is 7.72. The zero-order valence-electron chi connectivity index (χ0n) is 4.90. The number of Topliss-reactive ketones (excluding diaryl/α,β-unsaturated/α-hetero) is 1. The van der Waals surface area contributed by atoms with E-state index < -0.39 is 23.7 Å². The van der Waals surface area contributed by atoms with Crippen molar-refractivity contribution in [2.24, 2.45) is 5.92 Å². The third kappa shape index (κ3) is 0.854. The highest BCUT2D eigenvalue weighted by Crippen LogP contribution is 2.24. The summed E-state index contributed by atoms with van der Waals surface area (Å²) >= 11 is 0. The molecular weight excluding hydrogens is 138 g/mol. The quantitative estimate of drug-likeness (QED) is 0.367. The molecule has 10 heavy (non-hydrogen) atoms. The van der Waals surface area contributed by atoms with Crippen LogP contribution in [0.1, 0.15) is 0 Å². The first-order chi connectivity index (χ1) is 4.68. The predicted octanol–water partition coefficient (Wildman–Crippen LogP) is -1.62. The summed E-state index contributed by atoms with van der Waals surface area (Å²) in [5.41, 5.74) is 0. The first-order valence-corrected chi connectivity index (χ1v) is 2.64. The molecule has 0 aromatic carbocycles. The molecule has 2 unspecified atom stereocenters. The Morgan fingerprint density at radius 1 is 1.70 bits per heavy atom. The lowest BCUT2D eigenvalue weighted by Gasteiger charge is -1.86. The number of rotatable bonds is 3. The third-order valence-corrected chi connectivity index (χ3v) is 1.35. The van der Waals surface area contributed by atoms with Crippen LogP contribution in [0.3, 0.4) is 0 Å². The number of carbonyl (C=O) groups excluding carboxylic acids is 2. The number of carboxylic acid groups (broad SMARTS) is 1. The van der Waals surface area contributed by atoms with E-state index in [4.69, 9.17) is 5.11 Å². The molecule has 1 saturated carbocycles. The average Bonchev–Trinajstić information content (AvgIpc) is 2.43. The van der Waals surface area contributed by atoms with Gasteiger partial charge >= 0.3 is 5.97 Å². The van der Waals surface area contributed by atoms with E-state index in [1.54, 1.807) is 0 Å². The van der Waals surface area contributed by atoms with Crippen molar-refractivity contribution in [3.05, 3.63) is 0 Å². The van der Waals surface area contributed by atoms with Gasteiger partial charge < -0.3 is 10.4 Å². The van der Waals surface area contributed by atoms with Crippen molar-refractivity contribution in [2.45, 2.75) is 6.04 Å². The van der Waals surface area contributed by atoms with Gasteiger partial charge in [0, 0.05) is 0 Å². The lowest BCUT2D eigenvalue weighted by molar-refractivity contribution is -0.139. The zero-order valence-corrected chi connectivity index (χ0v) is 4.90. The van der Waals surface area contributed by atoms with Gasteiger partial charge in [-0.1, -0.05) is 0 Å². The first-order valence-electron chi connectivity index (χ1n) is 2.64. The first kappa shape index (κ1) is 6.73. The van der Waals surface area contributed by atoms with Crippen LogP contribution in [-0.2, 0) is 14.4 Å². The third-order valence-electron chi connectivity index (χ3n) is 1.35. The molecule has 0 aliphatic heterocycles. The molecule has 1 amide bonds. The smallest absolute Gasteiger partial charge is 0.316 e. The van der Waals surface area contributed by atoms with Gasteiger partial charge in [0.2, 0.25) is 6.41 Å². The topological polar surface area (TPSA) is 83.5 Å². The van der Waals surface area contributed by atoms with E-state index >= 15 is 0 Å². The summed E-state index contributed by atoms with van der Waals surface area (Å²) in [5, 5.41) is 10.3. The number of hydrogen-bond donors (Lipinski definition) is 2. The lowest BCUT2D eigenvalue weighted by Crippen LogP contribution is -2.18. The summed E-state index contributed by atoms with van der Waals surface area (Å²) in [6, 6.07) is -0.782. The molecular formula is C5H5NO4. The van der Waals surface area contributed by atoms with Gasteiger partial charge in [-0.25, -0.2) is 0 Å². The van der Waals surface area contributed by atoms with Gasteiger partial charge in [-0.2, -0.15) is 0 Å². The summed E-state index contributed by atoms with van der Waals surface area (Å²) in [7, 11) is 0. The minimum absolute atomic E-state index is 0.325. The Labute approximate surface area is 56.0 Å². The van der Waals surface area contributed by atoms with Gasteiger partial charge in [0.05, 0.1) is 0 Å². The molecule has 1 aliphatic rings. The van der Waals surface area contributed by atoms with Crippen molar-refractivity contribution >= 4 is 18.2 Å². The van der Waals surface area contributed by atoms with Crippen LogP contribution < -0.4 is 5.32 Å². The monoisotopic (exact) mass is 143 g/mol. The summed E-state index contributed by atoms with van der Waals surface area (Å²) in [5.74, 6) is -2.62. The van der Waals surface area contributed by atoms with Gasteiger partial charge in [0.1, 0.15) is 12.0 Å². The van der Waals surface area contributed by atoms with Crippen molar-refractivity contribution < 1.29 is 19.5 Å². The molecule has 0 spiro atoms. The molecule has 0 bridgehead atoms. The molecule has 54 valence electrons. The Morgan fingerprint density at radius 2 is 2.30 bits per heavy atom. The number of amides is 1. The molecule has 2 atom stereocenters. The second-order valence-electron chi connectivity index (χ2n) is 1.98. The molecule has 0 saturated heterocycles. The average molecular weight is 143 g/mol. The lowest BCUT2D eigenvalue weighted by atomic mass is 10.4. The highest BCUT2D eigenvalue weighted by Gasteiger charge is 2.54. The van der Waals surface area contributed by atoms with Crippen molar-refractivity contribution in [3.63, 3.8) is 0 Å². The Morgan fingerprint density at radius 3 is 2.60 bits per heavy atom. The Bertz CT molecular complexity index is 200. The Hall–Kier alpha value is -1.39. The van der Waals surface area contributed by atoms with Crippen LogP contribution in [0.4, 0.5) is 0 Å². The van der Waals surface area contributed by atoms with Crippen LogP contribution >= 0.6 is 0 Å². The van der Waals surface area contributed by atoms with E-state index in [-0.39, 0.29) is 0 Å². The van der Waals surface area contributed by atoms with E-state index in [9.17, 15) is 14.4 Å². The summed E-state index contributed by atoms with van der Waals surface area (Å²) in [6.07, 6.45) is 0.325. The minimum atomic E-state index is -1.18. The van der Waals surface area contributed by atoms with Crippen LogP contribution in [0, 0.1) is 5.92 Å². The maximum absolute atomic E-state index is 10.4.